The number of hydrogen-bond donors (Lipinski definition) is 2. The van der Waals surface area contributed by atoms with E-state index in [4.69, 9.17) is 5.73 Å². The Labute approximate surface area is 109 Å². The van der Waals surface area contributed by atoms with E-state index >= 15 is 0 Å². The molecule has 1 amide bonds. The number of aryl methyl sites for hydroxylation is 1. The number of para-hydroxylation sites is 1. The second-order valence-corrected chi connectivity index (χ2v) is 5.19. The maximum Gasteiger partial charge on any atom is 0.227 e. The number of nitrogens with two attached hydrogens (primary N) is 1. The number of nitrogens with one attached hydrogen (secondary N) is 1. The third kappa shape index (κ3) is 2.91. The maximum absolute atomic E-state index is 12.3. The zero-order valence-corrected chi connectivity index (χ0v) is 11.0. The second kappa shape index (κ2) is 6.01. The first kappa shape index (κ1) is 13.1. The molecule has 1 aliphatic rings. The van der Waals surface area contributed by atoms with Crippen LogP contribution < -0.4 is 11.1 Å². The predicted molar refractivity (Wildman–Crippen MR) is 74.3 cm³/mol. The average Bonchev–Trinajstić information content (AvgIpc) is 2.41. The highest BCUT2D eigenvalue weighted by atomic mass is 16.1. The fourth-order valence-electron chi connectivity index (χ4n) is 2.77. The molecule has 3 heteroatoms. The van der Waals surface area contributed by atoms with Crippen molar-refractivity contribution in [2.75, 3.05) is 11.9 Å². The molecule has 1 saturated carbocycles. The largest absolute Gasteiger partial charge is 0.330 e. The number of amides is 1. The average molecular weight is 246 g/mol. The summed E-state index contributed by atoms with van der Waals surface area (Å²) in [4.78, 5) is 12.3. The Hall–Kier alpha value is -1.35. The van der Waals surface area contributed by atoms with Crippen molar-refractivity contribution >= 4 is 11.6 Å². The minimum atomic E-state index is 0.0864. The lowest BCUT2D eigenvalue weighted by Gasteiger charge is -2.29. The van der Waals surface area contributed by atoms with Crippen molar-refractivity contribution in [3.8, 4) is 0 Å². The van der Waals surface area contributed by atoms with E-state index in [-0.39, 0.29) is 11.8 Å². The Balaban J connectivity index is 2.05. The molecule has 1 fully saturated rings. The molecular formula is C15H22N2O. The van der Waals surface area contributed by atoms with Crippen molar-refractivity contribution in [3.63, 3.8) is 0 Å². The molecule has 3 nitrogen and oxygen atoms in total. The van der Waals surface area contributed by atoms with Gasteiger partial charge in [-0.15, -0.1) is 0 Å². The standard InChI is InChI=1S/C15H22N2O/c1-11-6-2-5-9-14(11)17-15(18)13-8-4-3-7-12(13)10-16/h2,5-6,9,12-13H,3-4,7-8,10,16H2,1H3,(H,17,18). The van der Waals surface area contributed by atoms with Gasteiger partial charge in [-0.25, -0.2) is 0 Å². The van der Waals surface area contributed by atoms with Crippen molar-refractivity contribution < 1.29 is 4.79 Å². The molecule has 0 spiro atoms. The second-order valence-electron chi connectivity index (χ2n) is 5.19. The zero-order chi connectivity index (χ0) is 13.0. The molecule has 3 N–H and O–H groups in total. The molecule has 1 aromatic rings. The van der Waals surface area contributed by atoms with Gasteiger partial charge in [-0.3, -0.25) is 4.79 Å². The molecular weight excluding hydrogens is 224 g/mol. The first-order valence-electron chi connectivity index (χ1n) is 6.79. The summed E-state index contributed by atoms with van der Waals surface area (Å²) in [7, 11) is 0. The van der Waals surface area contributed by atoms with Crippen molar-refractivity contribution in [2.45, 2.75) is 32.6 Å². The Kier molecular flexibility index (Phi) is 4.37. The Morgan fingerprint density at radius 1 is 1.33 bits per heavy atom. The van der Waals surface area contributed by atoms with E-state index in [1.807, 2.05) is 31.2 Å². The molecule has 2 rings (SSSR count). The third-order valence-electron chi connectivity index (χ3n) is 3.95. The lowest BCUT2D eigenvalue weighted by molar-refractivity contribution is -0.122. The van der Waals surface area contributed by atoms with Gasteiger partial charge in [0, 0.05) is 11.6 Å². The van der Waals surface area contributed by atoms with Crippen LogP contribution in [0, 0.1) is 18.8 Å². The lowest BCUT2D eigenvalue weighted by Crippen LogP contribution is -2.35. The van der Waals surface area contributed by atoms with Crippen LogP contribution in [0.1, 0.15) is 31.2 Å². The molecule has 0 radical (unpaired) electrons. The molecule has 1 aromatic carbocycles. The summed E-state index contributed by atoms with van der Waals surface area (Å²) in [6.45, 7) is 2.63. The number of rotatable bonds is 3. The van der Waals surface area contributed by atoms with E-state index in [0.29, 0.717) is 12.5 Å². The Bertz CT molecular complexity index is 417. The normalized spacial score (nSPS) is 23.7. The topological polar surface area (TPSA) is 55.1 Å². The summed E-state index contributed by atoms with van der Waals surface area (Å²) < 4.78 is 0. The van der Waals surface area contributed by atoms with E-state index in [1.54, 1.807) is 0 Å². The van der Waals surface area contributed by atoms with Gasteiger partial charge in [-0.1, -0.05) is 31.0 Å². The van der Waals surface area contributed by atoms with Gasteiger partial charge in [-0.05, 0) is 43.9 Å². The SMILES string of the molecule is Cc1ccccc1NC(=O)C1CCCCC1CN. The fourth-order valence-corrected chi connectivity index (χ4v) is 2.77. The molecule has 2 unspecified atom stereocenters. The van der Waals surface area contributed by atoms with Gasteiger partial charge >= 0.3 is 0 Å². The monoisotopic (exact) mass is 246 g/mol. The molecule has 0 bridgehead atoms. The third-order valence-corrected chi connectivity index (χ3v) is 3.95. The molecule has 0 aromatic heterocycles. The van der Waals surface area contributed by atoms with E-state index in [2.05, 4.69) is 5.32 Å². The first-order valence-corrected chi connectivity index (χ1v) is 6.79. The number of carbonyl (C=O) groups excluding carboxylic acids is 1. The molecule has 2 atom stereocenters. The van der Waals surface area contributed by atoms with Crippen LogP contribution in [0.15, 0.2) is 24.3 Å². The van der Waals surface area contributed by atoms with Gasteiger partial charge in [0.2, 0.25) is 5.91 Å². The van der Waals surface area contributed by atoms with Crippen molar-refractivity contribution in [1.29, 1.82) is 0 Å². The minimum Gasteiger partial charge on any atom is -0.330 e. The molecule has 1 aliphatic carbocycles. The van der Waals surface area contributed by atoms with Crippen molar-refractivity contribution in [2.24, 2.45) is 17.6 Å². The van der Waals surface area contributed by atoms with Crippen LogP contribution >= 0.6 is 0 Å². The maximum atomic E-state index is 12.3. The van der Waals surface area contributed by atoms with Crippen LogP contribution in [0.3, 0.4) is 0 Å². The number of benzene rings is 1. The summed E-state index contributed by atoms with van der Waals surface area (Å²) in [5, 5.41) is 3.05. The van der Waals surface area contributed by atoms with Gasteiger partial charge in [0.15, 0.2) is 0 Å². The Morgan fingerprint density at radius 2 is 2.06 bits per heavy atom. The fraction of sp³-hybridized carbons (Fsp3) is 0.533. The quantitative estimate of drug-likeness (QED) is 0.861. The zero-order valence-electron chi connectivity index (χ0n) is 11.0. The van der Waals surface area contributed by atoms with Crippen LogP contribution in [0.4, 0.5) is 5.69 Å². The highest BCUT2D eigenvalue weighted by Gasteiger charge is 2.29. The smallest absolute Gasteiger partial charge is 0.227 e. The van der Waals surface area contributed by atoms with Gasteiger partial charge in [0.05, 0.1) is 0 Å². The van der Waals surface area contributed by atoms with Crippen LogP contribution in [0.5, 0.6) is 0 Å². The summed E-state index contributed by atoms with van der Waals surface area (Å²) >= 11 is 0. The van der Waals surface area contributed by atoms with Gasteiger partial charge < -0.3 is 11.1 Å². The summed E-state index contributed by atoms with van der Waals surface area (Å²) in [6.07, 6.45) is 4.40. The molecule has 0 heterocycles. The van der Waals surface area contributed by atoms with E-state index < -0.39 is 0 Å². The molecule has 18 heavy (non-hydrogen) atoms. The predicted octanol–water partition coefficient (Wildman–Crippen LogP) is 2.70. The van der Waals surface area contributed by atoms with Gasteiger partial charge in [-0.2, -0.15) is 0 Å². The minimum absolute atomic E-state index is 0.0864. The summed E-state index contributed by atoms with van der Waals surface area (Å²) in [5.41, 5.74) is 7.80. The van der Waals surface area contributed by atoms with Gasteiger partial charge in [0.1, 0.15) is 0 Å². The number of carbonyl (C=O) groups is 1. The Morgan fingerprint density at radius 3 is 2.78 bits per heavy atom. The lowest BCUT2D eigenvalue weighted by atomic mass is 9.78. The highest BCUT2D eigenvalue weighted by molar-refractivity contribution is 5.93. The molecule has 0 saturated heterocycles. The molecule has 0 aliphatic heterocycles. The van der Waals surface area contributed by atoms with Crippen LogP contribution in [0.25, 0.3) is 0 Å². The first-order chi connectivity index (χ1) is 8.72. The van der Waals surface area contributed by atoms with Crippen LogP contribution in [0.2, 0.25) is 0 Å². The number of hydrogen-bond acceptors (Lipinski definition) is 2. The number of anilines is 1. The highest BCUT2D eigenvalue weighted by Crippen LogP contribution is 2.30. The van der Waals surface area contributed by atoms with E-state index in [0.717, 1.165) is 30.5 Å². The summed E-state index contributed by atoms with van der Waals surface area (Å²) in [6, 6.07) is 7.89. The summed E-state index contributed by atoms with van der Waals surface area (Å²) in [5.74, 6) is 0.575. The van der Waals surface area contributed by atoms with Gasteiger partial charge in [0.25, 0.3) is 0 Å². The van der Waals surface area contributed by atoms with Crippen molar-refractivity contribution in [3.05, 3.63) is 29.8 Å². The van der Waals surface area contributed by atoms with E-state index in [1.165, 1.54) is 6.42 Å². The molecule has 98 valence electrons. The van der Waals surface area contributed by atoms with E-state index in [9.17, 15) is 4.79 Å². The van der Waals surface area contributed by atoms with Crippen LogP contribution in [-0.4, -0.2) is 12.5 Å². The van der Waals surface area contributed by atoms with Crippen molar-refractivity contribution in [1.82, 2.24) is 0 Å². The van der Waals surface area contributed by atoms with Crippen LogP contribution in [-0.2, 0) is 4.79 Å².